The molecule has 2 N–H and O–H groups in total. The number of rotatable bonds is 5. The van der Waals surface area contributed by atoms with E-state index < -0.39 is 6.10 Å². The minimum Gasteiger partial charge on any atom is -0.491 e. The second-order valence-electron chi connectivity index (χ2n) is 5.03. The van der Waals surface area contributed by atoms with Crippen LogP contribution in [0.25, 0.3) is 10.2 Å². The van der Waals surface area contributed by atoms with Crippen molar-refractivity contribution < 1.29 is 9.84 Å². The predicted molar refractivity (Wildman–Crippen MR) is 93.6 cm³/mol. The smallest absolute Gasteiger partial charge is 0.183 e. The van der Waals surface area contributed by atoms with Crippen LogP contribution in [0.2, 0.25) is 10.0 Å². The Morgan fingerprint density at radius 3 is 2.74 bits per heavy atom. The Balaban J connectivity index is 1.69. The number of ether oxygens (including phenoxy) is 1. The minimum atomic E-state index is -0.739. The number of benzene rings is 2. The van der Waals surface area contributed by atoms with E-state index in [1.807, 2.05) is 24.3 Å². The Labute approximate surface area is 147 Å². The molecule has 1 atom stereocenters. The van der Waals surface area contributed by atoms with Crippen LogP contribution in [-0.4, -0.2) is 22.4 Å². The van der Waals surface area contributed by atoms with Crippen LogP contribution in [0.4, 0.5) is 0 Å². The molecular formula is C16H14Cl2N2O2S. The van der Waals surface area contributed by atoms with E-state index >= 15 is 0 Å². The summed E-state index contributed by atoms with van der Waals surface area (Å²) in [5.41, 5.74) is 0.941. The molecule has 1 unspecified atom stereocenters. The number of para-hydroxylation sites is 1. The first kappa shape index (κ1) is 16.3. The lowest BCUT2D eigenvalue weighted by Gasteiger charge is -2.14. The molecule has 0 aliphatic heterocycles. The standard InChI is InChI=1S/C16H14Cl2N2O2S/c17-12-6-5-11(7-13(12)18)22-9-10(21)8-20-14-3-1-2-4-15(14)23-16(20)19/h1-7,10,19,21H,8-9H2. The van der Waals surface area contributed by atoms with Gasteiger partial charge < -0.3 is 14.4 Å². The van der Waals surface area contributed by atoms with Crippen molar-refractivity contribution in [3.63, 3.8) is 0 Å². The van der Waals surface area contributed by atoms with Gasteiger partial charge in [-0.25, -0.2) is 0 Å². The maximum atomic E-state index is 10.2. The topological polar surface area (TPSA) is 58.2 Å². The van der Waals surface area contributed by atoms with Crippen LogP contribution in [0.1, 0.15) is 0 Å². The van der Waals surface area contributed by atoms with Crippen LogP contribution in [0.3, 0.4) is 0 Å². The van der Waals surface area contributed by atoms with Gasteiger partial charge >= 0.3 is 0 Å². The van der Waals surface area contributed by atoms with Gasteiger partial charge in [-0.1, -0.05) is 46.7 Å². The molecule has 0 aliphatic rings. The molecule has 120 valence electrons. The van der Waals surface area contributed by atoms with E-state index in [0.717, 1.165) is 10.2 Å². The fourth-order valence-electron chi connectivity index (χ4n) is 2.24. The molecule has 0 saturated heterocycles. The summed E-state index contributed by atoms with van der Waals surface area (Å²) in [6.07, 6.45) is -0.739. The largest absolute Gasteiger partial charge is 0.491 e. The average molecular weight is 369 g/mol. The van der Waals surface area contributed by atoms with Gasteiger partial charge in [0.1, 0.15) is 18.5 Å². The third-order valence-electron chi connectivity index (χ3n) is 3.33. The van der Waals surface area contributed by atoms with Crippen molar-refractivity contribution in [1.29, 1.82) is 5.41 Å². The Morgan fingerprint density at radius 1 is 1.17 bits per heavy atom. The fraction of sp³-hybridized carbons (Fsp3) is 0.188. The van der Waals surface area contributed by atoms with Crippen LogP contribution in [0.15, 0.2) is 42.5 Å². The van der Waals surface area contributed by atoms with Crippen LogP contribution in [-0.2, 0) is 6.54 Å². The molecule has 0 spiro atoms. The average Bonchev–Trinajstić information content (AvgIpc) is 2.84. The lowest BCUT2D eigenvalue weighted by Crippen LogP contribution is -2.27. The molecule has 2 aromatic carbocycles. The van der Waals surface area contributed by atoms with E-state index in [2.05, 4.69) is 0 Å². The van der Waals surface area contributed by atoms with Crippen molar-refractivity contribution in [3.05, 3.63) is 57.3 Å². The molecule has 1 heterocycles. The van der Waals surface area contributed by atoms with Gasteiger partial charge in [0.2, 0.25) is 0 Å². The summed E-state index contributed by atoms with van der Waals surface area (Å²) in [6, 6.07) is 12.7. The fourth-order valence-corrected chi connectivity index (χ4v) is 3.45. The zero-order valence-corrected chi connectivity index (χ0v) is 14.3. The van der Waals surface area contributed by atoms with Gasteiger partial charge in [-0.3, -0.25) is 5.41 Å². The lowest BCUT2D eigenvalue weighted by molar-refractivity contribution is 0.0928. The van der Waals surface area contributed by atoms with E-state index in [0.29, 0.717) is 27.1 Å². The quantitative estimate of drug-likeness (QED) is 0.716. The second-order valence-corrected chi connectivity index (χ2v) is 6.87. The van der Waals surface area contributed by atoms with Crippen LogP contribution in [0, 0.1) is 5.41 Å². The normalized spacial score (nSPS) is 12.5. The van der Waals surface area contributed by atoms with Gasteiger partial charge in [-0.2, -0.15) is 0 Å². The molecule has 4 nitrogen and oxygen atoms in total. The number of thiazole rings is 1. The molecule has 0 radical (unpaired) electrons. The number of halogens is 2. The van der Waals surface area contributed by atoms with Gasteiger partial charge in [-0.05, 0) is 24.3 Å². The minimum absolute atomic E-state index is 0.106. The number of aliphatic hydroxyl groups excluding tert-OH is 1. The molecule has 1 aromatic heterocycles. The Bertz CT molecular complexity index is 891. The number of nitrogens with zero attached hydrogens (tertiary/aromatic N) is 1. The summed E-state index contributed by atoms with van der Waals surface area (Å²) in [6.45, 7) is 0.402. The number of aliphatic hydroxyl groups is 1. The van der Waals surface area contributed by atoms with Gasteiger partial charge in [0, 0.05) is 6.07 Å². The van der Waals surface area contributed by atoms with Crippen LogP contribution < -0.4 is 9.54 Å². The molecule has 7 heteroatoms. The number of nitrogens with one attached hydrogen (secondary N) is 1. The van der Waals surface area contributed by atoms with Crippen LogP contribution >= 0.6 is 34.5 Å². The summed E-state index contributed by atoms with van der Waals surface area (Å²) >= 11 is 13.2. The Kier molecular flexibility index (Phi) is 4.92. The molecule has 3 aromatic rings. The molecule has 0 aliphatic carbocycles. The van der Waals surface area contributed by atoms with Gasteiger partial charge in [0.25, 0.3) is 0 Å². The maximum Gasteiger partial charge on any atom is 0.183 e. The Morgan fingerprint density at radius 2 is 1.96 bits per heavy atom. The van der Waals surface area contributed by atoms with Gasteiger partial charge in [-0.15, -0.1) is 0 Å². The molecule has 0 bridgehead atoms. The highest BCUT2D eigenvalue weighted by molar-refractivity contribution is 7.16. The van der Waals surface area contributed by atoms with E-state index in [1.54, 1.807) is 22.8 Å². The first-order valence-electron chi connectivity index (χ1n) is 6.93. The van der Waals surface area contributed by atoms with E-state index in [1.165, 1.54) is 11.3 Å². The monoisotopic (exact) mass is 368 g/mol. The number of aromatic nitrogens is 1. The first-order chi connectivity index (χ1) is 11.0. The number of hydrogen-bond donors (Lipinski definition) is 2. The number of fused-ring (bicyclic) bond motifs is 1. The van der Waals surface area contributed by atoms with Gasteiger partial charge in [0.15, 0.2) is 4.80 Å². The summed E-state index contributed by atoms with van der Waals surface area (Å²) in [4.78, 5) is 0.403. The Hall–Kier alpha value is -1.53. The van der Waals surface area contributed by atoms with E-state index in [4.69, 9.17) is 33.3 Å². The number of hydrogen-bond acceptors (Lipinski definition) is 4. The summed E-state index contributed by atoms with van der Waals surface area (Å²) in [5.74, 6) is 0.546. The molecule has 0 fully saturated rings. The first-order valence-corrected chi connectivity index (χ1v) is 8.50. The third kappa shape index (κ3) is 3.70. The SMILES string of the molecule is N=c1sc2ccccc2n1CC(O)COc1ccc(Cl)c(Cl)c1. The highest BCUT2D eigenvalue weighted by Gasteiger charge is 2.11. The van der Waals surface area contributed by atoms with Crippen molar-refractivity contribution in [1.82, 2.24) is 4.57 Å². The van der Waals surface area contributed by atoms with Crippen molar-refractivity contribution in [2.24, 2.45) is 0 Å². The van der Waals surface area contributed by atoms with Crippen molar-refractivity contribution in [2.45, 2.75) is 12.6 Å². The summed E-state index contributed by atoms with van der Waals surface area (Å²) in [7, 11) is 0. The predicted octanol–water partition coefficient (Wildman–Crippen LogP) is 3.93. The van der Waals surface area contributed by atoms with Gasteiger partial charge in [0.05, 0.1) is 26.8 Å². The summed E-state index contributed by atoms with van der Waals surface area (Å²) < 4.78 is 8.34. The molecular weight excluding hydrogens is 355 g/mol. The second kappa shape index (κ2) is 6.93. The molecule has 0 amide bonds. The maximum absolute atomic E-state index is 10.2. The van der Waals surface area contributed by atoms with Crippen molar-refractivity contribution >= 4 is 44.8 Å². The lowest BCUT2D eigenvalue weighted by atomic mass is 10.3. The summed E-state index contributed by atoms with van der Waals surface area (Å²) in [5, 5.41) is 19.1. The van der Waals surface area contributed by atoms with E-state index in [-0.39, 0.29) is 6.61 Å². The van der Waals surface area contributed by atoms with E-state index in [9.17, 15) is 5.11 Å². The highest BCUT2D eigenvalue weighted by Crippen LogP contribution is 2.26. The van der Waals surface area contributed by atoms with Crippen molar-refractivity contribution in [3.8, 4) is 5.75 Å². The third-order valence-corrected chi connectivity index (χ3v) is 5.05. The van der Waals surface area contributed by atoms with Crippen LogP contribution in [0.5, 0.6) is 5.75 Å². The van der Waals surface area contributed by atoms with Crippen molar-refractivity contribution in [2.75, 3.05) is 6.61 Å². The highest BCUT2D eigenvalue weighted by atomic mass is 35.5. The molecule has 23 heavy (non-hydrogen) atoms. The zero-order chi connectivity index (χ0) is 16.4. The molecule has 0 saturated carbocycles. The zero-order valence-electron chi connectivity index (χ0n) is 12.0. The molecule has 3 rings (SSSR count).